The Labute approximate surface area is 112 Å². The minimum absolute atomic E-state index is 0.671. The van der Waals surface area contributed by atoms with E-state index in [1.165, 1.54) is 32.5 Å². The van der Waals surface area contributed by atoms with Crippen molar-refractivity contribution >= 4 is 0 Å². The predicted octanol–water partition coefficient (Wildman–Crippen LogP) is 1.98. The van der Waals surface area contributed by atoms with E-state index in [-0.39, 0.29) is 0 Å². The molecule has 106 valence electrons. The molecule has 0 aromatic rings. The molecule has 2 aliphatic heterocycles. The molecule has 2 rings (SSSR count). The molecule has 0 saturated carbocycles. The summed E-state index contributed by atoms with van der Waals surface area (Å²) in [7, 11) is 0. The molecule has 2 aliphatic rings. The van der Waals surface area contributed by atoms with Gasteiger partial charge in [-0.2, -0.15) is 0 Å². The smallest absolute Gasteiger partial charge is 0.0521 e. The highest BCUT2D eigenvalue weighted by molar-refractivity contribution is 4.86. The Kier molecular flexibility index (Phi) is 5.46. The fourth-order valence-corrected chi connectivity index (χ4v) is 3.30. The number of hydrogen-bond acceptors (Lipinski definition) is 3. The Morgan fingerprint density at radius 2 is 1.94 bits per heavy atom. The topological polar surface area (TPSA) is 24.5 Å². The third kappa shape index (κ3) is 3.69. The summed E-state index contributed by atoms with van der Waals surface area (Å²) in [5.41, 5.74) is 0. The van der Waals surface area contributed by atoms with Gasteiger partial charge in [-0.15, -0.1) is 0 Å². The predicted molar refractivity (Wildman–Crippen MR) is 75.8 cm³/mol. The van der Waals surface area contributed by atoms with E-state index in [2.05, 4.69) is 31.0 Å². The first-order valence-electron chi connectivity index (χ1n) is 7.74. The van der Waals surface area contributed by atoms with Crippen molar-refractivity contribution in [2.45, 2.75) is 39.7 Å². The van der Waals surface area contributed by atoms with Crippen molar-refractivity contribution in [3.05, 3.63) is 0 Å². The summed E-state index contributed by atoms with van der Waals surface area (Å²) in [5, 5.41) is 3.71. The monoisotopic (exact) mass is 254 g/mol. The van der Waals surface area contributed by atoms with Gasteiger partial charge in [0.15, 0.2) is 0 Å². The van der Waals surface area contributed by atoms with Crippen LogP contribution in [0.1, 0.15) is 33.6 Å². The summed E-state index contributed by atoms with van der Waals surface area (Å²) in [6.07, 6.45) is 2.41. The quantitative estimate of drug-likeness (QED) is 0.812. The molecule has 0 aliphatic carbocycles. The molecule has 3 nitrogen and oxygen atoms in total. The zero-order valence-corrected chi connectivity index (χ0v) is 12.3. The molecular formula is C15H30N2O. The summed E-state index contributed by atoms with van der Waals surface area (Å²) in [5.74, 6) is 2.40. The van der Waals surface area contributed by atoms with Gasteiger partial charge in [-0.3, -0.25) is 0 Å². The van der Waals surface area contributed by atoms with Gasteiger partial charge < -0.3 is 15.0 Å². The molecule has 0 aromatic heterocycles. The molecule has 0 amide bonds. The highest BCUT2D eigenvalue weighted by Gasteiger charge is 2.31. The maximum absolute atomic E-state index is 5.69. The van der Waals surface area contributed by atoms with E-state index in [0.717, 1.165) is 31.6 Å². The first-order chi connectivity index (χ1) is 8.70. The Bertz CT molecular complexity index is 237. The minimum atomic E-state index is 0.671. The van der Waals surface area contributed by atoms with Crippen LogP contribution >= 0.6 is 0 Å². The lowest BCUT2D eigenvalue weighted by atomic mass is 9.95. The minimum Gasteiger partial charge on any atom is -0.381 e. The van der Waals surface area contributed by atoms with E-state index in [9.17, 15) is 0 Å². The zero-order chi connectivity index (χ0) is 13.0. The van der Waals surface area contributed by atoms with Crippen LogP contribution in [-0.4, -0.2) is 50.3 Å². The zero-order valence-electron chi connectivity index (χ0n) is 12.3. The van der Waals surface area contributed by atoms with Crippen molar-refractivity contribution in [1.82, 2.24) is 10.2 Å². The van der Waals surface area contributed by atoms with Crippen LogP contribution in [0.25, 0.3) is 0 Å². The summed E-state index contributed by atoms with van der Waals surface area (Å²) in [4.78, 5) is 2.65. The highest BCUT2D eigenvalue weighted by atomic mass is 16.5. The molecule has 3 heteroatoms. The second-order valence-corrected chi connectivity index (χ2v) is 6.36. The summed E-state index contributed by atoms with van der Waals surface area (Å²) < 4.78 is 5.69. The SMILES string of the molecule is CCCNC1CCOCC1CN1CC(C)C(C)C1. The largest absolute Gasteiger partial charge is 0.381 e. The second-order valence-electron chi connectivity index (χ2n) is 6.36. The van der Waals surface area contributed by atoms with E-state index >= 15 is 0 Å². The van der Waals surface area contributed by atoms with Gasteiger partial charge in [0, 0.05) is 38.2 Å². The molecular weight excluding hydrogens is 224 g/mol. The van der Waals surface area contributed by atoms with E-state index in [1.807, 2.05) is 0 Å². The number of ether oxygens (including phenoxy) is 1. The Morgan fingerprint density at radius 3 is 2.61 bits per heavy atom. The molecule has 4 atom stereocenters. The summed E-state index contributed by atoms with van der Waals surface area (Å²) >= 11 is 0. The highest BCUT2D eigenvalue weighted by Crippen LogP contribution is 2.25. The Morgan fingerprint density at radius 1 is 1.22 bits per heavy atom. The molecule has 2 heterocycles. The molecule has 2 saturated heterocycles. The van der Waals surface area contributed by atoms with Gasteiger partial charge in [-0.25, -0.2) is 0 Å². The number of nitrogens with zero attached hydrogens (tertiary/aromatic N) is 1. The molecule has 0 radical (unpaired) electrons. The maximum Gasteiger partial charge on any atom is 0.0521 e. The maximum atomic E-state index is 5.69. The van der Waals surface area contributed by atoms with Gasteiger partial charge in [0.2, 0.25) is 0 Å². The molecule has 2 fully saturated rings. The van der Waals surface area contributed by atoms with E-state index in [0.29, 0.717) is 12.0 Å². The van der Waals surface area contributed by atoms with Crippen LogP contribution in [0.2, 0.25) is 0 Å². The Balaban J connectivity index is 1.81. The van der Waals surface area contributed by atoms with Gasteiger partial charge in [0.05, 0.1) is 6.61 Å². The standard InChI is InChI=1S/C15H30N2O/c1-4-6-16-15-5-7-18-11-14(15)10-17-8-12(2)13(3)9-17/h12-16H,4-11H2,1-3H3. The van der Waals surface area contributed by atoms with Crippen molar-refractivity contribution in [2.75, 3.05) is 39.4 Å². The molecule has 18 heavy (non-hydrogen) atoms. The van der Waals surface area contributed by atoms with Crippen LogP contribution in [0, 0.1) is 17.8 Å². The summed E-state index contributed by atoms with van der Waals surface area (Å²) in [6, 6.07) is 0.671. The van der Waals surface area contributed by atoms with Gasteiger partial charge >= 0.3 is 0 Å². The molecule has 0 spiro atoms. The van der Waals surface area contributed by atoms with Crippen molar-refractivity contribution in [3.8, 4) is 0 Å². The van der Waals surface area contributed by atoms with E-state index in [1.54, 1.807) is 0 Å². The number of nitrogens with one attached hydrogen (secondary N) is 1. The van der Waals surface area contributed by atoms with Crippen molar-refractivity contribution < 1.29 is 4.74 Å². The molecule has 0 aromatic carbocycles. The lowest BCUT2D eigenvalue weighted by Gasteiger charge is -2.35. The van der Waals surface area contributed by atoms with Crippen LogP contribution in [-0.2, 0) is 4.74 Å². The van der Waals surface area contributed by atoms with Crippen LogP contribution < -0.4 is 5.32 Å². The number of likely N-dealkylation sites (tertiary alicyclic amines) is 1. The van der Waals surface area contributed by atoms with Gasteiger partial charge in [0.1, 0.15) is 0 Å². The normalized spacial score (nSPS) is 38.2. The molecule has 4 unspecified atom stereocenters. The van der Waals surface area contributed by atoms with E-state index in [4.69, 9.17) is 4.74 Å². The molecule has 1 N–H and O–H groups in total. The van der Waals surface area contributed by atoms with Crippen LogP contribution in [0.3, 0.4) is 0 Å². The fraction of sp³-hybridized carbons (Fsp3) is 1.00. The van der Waals surface area contributed by atoms with Crippen LogP contribution in [0.15, 0.2) is 0 Å². The number of rotatable bonds is 5. The van der Waals surface area contributed by atoms with Gasteiger partial charge in [-0.1, -0.05) is 20.8 Å². The van der Waals surface area contributed by atoms with Crippen LogP contribution in [0.4, 0.5) is 0 Å². The fourth-order valence-electron chi connectivity index (χ4n) is 3.30. The average Bonchev–Trinajstić information content (AvgIpc) is 2.67. The lowest BCUT2D eigenvalue weighted by Crippen LogP contribution is -2.47. The van der Waals surface area contributed by atoms with Crippen molar-refractivity contribution in [2.24, 2.45) is 17.8 Å². The van der Waals surface area contributed by atoms with Crippen molar-refractivity contribution in [1.29, 1.82) is 0 Å². The average molecular weight is 254 g/mol. The third-order valence-electron chi connectivity index (χ3n) is 4.69. The van der Waals surface area contributed by atoms with Crippen molar-refractivity contribution in [3.63, 3.8) is 0 Å². The summed E-state index contributed by atoms with van der Waals surface area (Å²) in [6.45, 7) is 13.8. The Hall–Kier alpha value is -0.120. The lowest BCUT2D eigenvalue weighted by molar-refractivity contribution is 0.0189. The molecule has 0 bridgehead atoms. The van der Waals surface area contributed by atoms with Crippen LogP contribution in [0.5, 0.6) is 0 Å². The van der Waals surface area contributed by atoms with E-state index < -0.39 is 0 Å². The first-order valence-corrected chi connectivity index (χ1v) is 7.74. The second kappa shape index (κ2) is 6.88. The first kappa shape index (κ1) is 14.3. The van der Waals surface area contributed by atoms with Gasteiger partial charge in [0.25, 0.3) is 0 Å². The number of hydrogen-bond donors (Lipinski definition) is 1. The third-order valence-corrected chi connectivity index (χ3v) is 4.69. The van der Waals surface area contributed by atoms with Gasteiger partial charge in [-0.05, 0) is 31.2 Å².